The van der Waals surface area contributed by atoms with E-state index >= 15 is 0 Å². The Morgan fingerprint density at radius 2 is 1.92 bits per heavy atom. The van der Waals surface area contributed by atoms with Gasteiger partial charge < -0.3 is 23.9 Å². The fraction of sp³-hybridized carbons (Fsp3) is 0.370. The molecule has 1 amide bonds. The highest BCUT2D eigenvalue weighted by Gasteiger charge is 2.43. The number of hydrogen-bond acceptors (Lipinski definition) is 5. The molecule has 2 aromatic carbocycles. The maximum atomic E-state index is 13.7. The zero-order valence-electron chi connectivity index (χ0n) is 20.2. The van der Waals surface area contributed by atoms with Crippen LogP contribution < -0.4 is 14.5 Å². The first-order chi connectivity index (χ1) is 17.2. The molecule has 3 heterocycles. The van der Waals surface area contributed by atoms with Gasteiger partial charge in [-0.2, -0.15) is 13.2 Å². The Morgan fingerprint density at radius 1 is 1.14 bits per heavy atom. The molecule has 3 aromatic rings. The monoisotopic (exact) mass is 499 g/mol. The number of furan rings is 1. The van der Waals surface area contributed by atoms with E-state index in [1.165, 1.54) is 6.07 Å². The first-order valence-corrected chi connectivity index (χ1v) is 11.9. The lowest BCUT2D eigenvalue weighted by Crippen LogP contribution is -2.61. The first kappa shape index (κ1) is 24.1. The van der Waals surface area contributed by atoms with Crippen molar-refractivity contribution in [2.75, 3.05) is 43.6 Å². The topological polar surface area (TPSA) is 49.2 Å². The molecule has 0 unspecified atom stereocenters. The molecule has 190 valence electrons. The summed E-state index contributed by atoms with van der Waals surface area (Å²) >= 11 is 0. The summed E-state index contributed by atoms with van der Waals surface area (Å²) in [4.78, 5) is 19.6. The largest absolute Gasteiger partial charge is 0.497 e. The molecule has 1 saturated heterocycles. The second-order valence-corrected chi connectivity index (χ2v) is 9.33. The van der Waals surface area contributed by atoms with Crippen LogP contribution in [0.15, 0.2) is 65.3 Å². The van der Waals surface area contributed by atoms with E-state index in [1.807, 2.05) is 24.3 Å². The van der Waals surface area contributed by atoms with E-state index in [-0.39, 0.29) is 18.4 Å². The molecule has 2 aliphatic rings. The summed E-state index contributed by atoms with van der Waals surface area (Å²) < 4.78 is 51.1. The van der Waals surface area contributed by atoms with E-state index in [2.05, 4.69) is 9.80 Å². The summed E-state index contributed by atoms with van der Waals surface area (Å²) in [7, 11) is 3.33. The number of nitrogens with zero attached hydrogens (tertiary/aromatic N) is 3. The SMILES string of the molecule is COc1ccc(N2CCN3c4ccc(C(F)(F)F)cc4C[C@@H](C(=O)N(C)Cc4ccco4)[C@@H]3C2)cc1. The van der Waals surface area contributed by atoms with E-state index in [1.54, 1.807) is 43.5 Å². The zero-order chi connectivity index (χ0) is 25.4. The fourth-order valence-electron chi connectivity index (χ4n) is 5.31. The van der Waals surface area contributed by atoms with Crippen molar-refractivity contribution in [2.45, 2.75) is 25.2 Å². The molecule has 36 heavy (non-hydrogen) atoms. The molecule has 0 saturated carbocycles. The molecular weight excluding hydrogens is 471 g/mol. The fourth-order valence-corrected chi connectivity index (χ4v) is 5.31. The molecule has 6 nitrogen and oxygen atoms in total. The highest BCUT2D eigenvalue weighted by Crippen LogP contribution is 2.40. The maximum Gasteiger partial charge on any atom is 0.416 e. The minimum absolute atomic E-state index is 0.110. The van der Waals surface area contributed by atoms with Crippen molar-refractivity contribution in [1.82, 2.24) is 4.90 Å². The summed E-state index contributed by atoms with van der Waals surface area (Å²) in [5.74, 6) is 0.807. The number of carbonyl (C=O) groups is 1. The molecule has 1 aromatic heterocycles. The number of amides is 1. The highest BCUT2D eigenvalue weighted by molar-refractivity contribution is 5.82. The summed E-state index contributed by atoms with van der Waals surface area (Å²) in [6.07, 6.45) is -2.63. The summed E-state index contributed by atoms with van der Waals surface area (Å²) in [5, 5.41) is 0. The number of hydrogen-bond donors (Lipinski definition) is 0. The van der Waals surface area contributed by atoms with Crippen molar-refractivity contribution in [2.24, 2.45) is 5.92 Å². The molecule has 0 aliphatic carbocycles. The van der Waals surface area contributed by atoms with Crippen LogP contribution in [0.25, 0.3) is 0 Å². The molecule has 2 aliphatic heterocycles. The number of rotatable bonds is 5. The van der Waals surface area contributed by atoms with Crippen molar-refractivity contribution in [3.05, 3.63) is 77.7 Å². The lowest BCUT2D eigenvalue weighted by atomic mass is 9.82. The summed E-state index contributed by atoms with van der Waals surface area (Å²) in [6.45, 7) is 2.16. The first-order valence-electron chi connectivity index (χ1n) is 11.9. The average Bonchev–Trinajstić information content (AvgIpc) is 3.39. The molecule has 1 fully saturated rings. The average molecular weight is 500 g/mol. The number of piperazine rings is 1. The number of carbonyl (C=O) groups excluding carboxylic acids is 1. The van der Waals surface area contributed by atoms with Crippen LogP contribution in [0, 0.1) is 5.92 Å². The van der Waals surface area contributed by atoms with Gasteiger partial charge >= 0.3 is 6.18 Å². The van der Waals surface area contributed by atoms with Gasteiger partial charge in [-0.05, 0) is 66.6 Å². The Bertz CT molecular complexity index is 1210. The van der Waals surface area contributed by atoms with Crippen LogP contribution in [0.3, 0.4) is 0 Å². The van der Waals surface area contributed by atoms with Crippen LogP contribution >= 0.6 is 0 Å². The van der Waals surface area contributed by atoms with Gasteiger partial charge in [-0.3, -0.25) is 4.79 Å². The summed E-state index contributed by atoms with van der Waals surface area (Å²) in [5.41, 5.74) is 1.67. The van der Waals surface area contributed by atoms with Crippen molar-refractivity contribution >= 4 is 17.3 Å². The number of methoxy groups -OCH3 is 1. The Balaban J connectivity index is 1.46. The van der Waals surface area contributed by atoms with Gasteiger partial charge in [0, 0.05) is 38.1 Å². The van der Waals surface area contributed by atoms with Gasteiger partial charge in [0.25, 0.3) is 0 Å². The lowest BCUT2D eigenvalue weighted by molar-refractivity contribution is -0.137. The van der Waals surface area contributed by atoms with E-state index in [9.17, 15) is 18.0 Å². The van der Waals surface area contributed by atoms with E-state index < -0.39 is 17.7 Å². The Morgan fingerprint density at radius 3 is 2.58 bits per heavy atom. The third kappa shape index (κ3) is 4.62. The van der Waals surface area contributed by atoms with E-state index in [0.29, 0.717) is 37.5 Å². The van der Waals surface area contributed by atoms with Gasteiger partial charge in [0.05, 0.1) is 37.4 Å². The molecule has 0 bridgehead atoms. The minimum atomic E-state index is -4.44. The number of fused-ring (bicyclic) bond motifs is 3. The van der Waals surface area contributed by atoms with Gasteiger partial charge in [-0.25, -0.2) is 0 Å². The van der Waals surface area contributed by atoms with Gasteiger partial charge in [-0.15, -0.1) is 0 Å². The van der Waals surface area contributed by atoms with Crippen molar-refractivity contribution in [3.63, 3.8) is 0 Å². The smallest absolute Gasteiger partial charge is 0.416 e. The lowest BCUT2D eigenvalue weighted by Gasteiger charge is -2.50. The number of halogens is 3. The quantitative estimate of drug-likeness (QED) is 0.503. The number of benzene rings is 2. The second-order valence-electron chi connectivity index (χ2n) is 9.33. The van der Waals surface area contributed by atoms with Crippen molar-refractivity contribution in [3.8, 4) is 5.75 Å². The van der Waals surface area contributed by atoms with Gasteiger partial charge in [0.2, 0.25) is 5.91 Å². The van der Waals surface area contributed by atoms with Gasteiger partial charge in [0.1, 0.15) is 11.5 Å². The second kappa shape index (κ2) is 9.44. The maximum absolute atomic E-state index is 13.7. The van der Waals surface area contributed by atoms with Gasteiger partial charge in [-0.1, -0.05) is 0 Å². The molecule has 0 spiro atoms. The Kier molecular flexibility index (Phi) is 6.32. The third-order valence-electron chi connectivity index (χ3n) is 7.14. The molecular formula is C27H28F3N3O3. The minimum Gasteiger partial charge on any atom is -0.497 e. The molecule has 2 atom stereocenters. The summed E-state index contributed by atoms with van der Waals surface area (Å²) in [6, 6.07) is 15.0. The molecule has 0 radical (unpaired) electrons. The number of alkyl halides is 3. The normalized spacial score (nSPS) is 19.5. The van der Waals surface area contributed by atoms with E-state index in [4.69, 9.17) is 9.15 Å². The highest BCUT2D eigenvalue weighted by atomic mass is 19.4. The third-order valence-corrected chi connectivity index (χ3v) is 7.14. The predicted molar refractivity (Wildman–Crippen MR) is 130 cm³/mol. The molecule has 5 rings (SSSR count). The number of ether oxygens (including phenoxy) is 1. The number of anilines is 2. The molecule has 9 heteroatoms. The van der Waals surface area contributed by atoms with Crippen molar-refractivity contribution in [1.29, 1.82) is 0 Å². The molecule has 0 N–H and O–H groups in total. The van der Waals surface area contributed by atoms with Crippen LogP contribution in [0.1, 0.15) is 16.9 Å². The van der Waals surface area contributed by atoms with Crippen LogP contribution in [-0.4, -0.2) is 50.6 Å². The Hall–Kier alpha value is -3.62. The van der Waals surface area contributed by atoms with Gasteiger partial charge in [0.15, 0.2) is 0 Å². The van der Waals surface area contributed by atoms with Crippen LogP contribution in [0.4, 0.5) is 24.5 Å². The Labute approximate surface area is 207 Å². The standard InChI is InChI=1S/C27H28F3N3O3/c1-31(16-22-4-3-13-36-22)26(34)23-15-18-14-19(27(28,29)30)5-10-24(18)33-12-11-32(17-25(23)33)20-6-8-21(35-2)9-7-20/h3-10,13-14,23,25H,11-12,15-17H2,1-2H3/t23-,25+/m1/s1. The van der Waals surface area contributed by atoms with Crippen LogP contribution in [0.5, 0.6) is 5.75 Å². The predicted octanol–water partition coefficient (Wildman–Crippen LogP) is 4.83. The van der Waals surface area contributed by atoms with Crippen LogP contribution in [0.2, 0.25) is 0 Å². The zero-order valence-corrected chi connectivity index (χ0v) is 20.2. The van der Waals surface area contributed by atoms with Crippen molar-refractivity contribution < 1.29 is 27.1 Å². The van der Waals surface area contributed by atoms with Crippen LogP contribution in [-0.2, 0) is 23.9 Å². The van der Waals surface area contributed by atoms with E-state index in [0.717, 1.165) is 23.2 Å².